The minimum absolute atomic E-state index is 0.0549. The number of sulfone groups is 1. The highest BCUT2D eigenvalue weighted by Gasteiger charge is 2.30. The molecule has 138 valence electrons. The normalized spacial score (nSPS) is 20.3. The third-order valence-electron chi connectivity index (χ3n) is 3.91. The van der Waals surface area contributed by atoms with E-state index in [-0.39, 0.29) is 17.4 Å². The Morgan fingerprint density at radius 3 is 2.85 bits per heavy atom. The monoisotopic (exact) mass is 378 g/mol. The van der Waals surface area contributed by atoms with Gasteiger partial charge in [0.05, 0.1) is 11.5 Å². The average molecular weight is 378 g/mol. The van der Waals surface area contributed by atoms with Crippen molar-refractivity contribution in [1.82, 2.24) is 10.3 Å². The summed E-state index contributed by atoms with van der Waals surface area (Å²) in [6.45, 7) is 1.42. The molecule has 1 aliphatic rings. The predicted molar refractivity (Wildman–Crippen MR) is 93.8 cm³/mol. The van der Waals surface area contributed by atoms with Crippen LogP contribution in [-0.2, 0) is 24.2 Å². The summed E-state index contributed by atoms with van der Waals surface area (Å²) in [5, 5.41) is 2.58. The summed E-state index contributed by atoms with van der Waals surface area (Å²) in [7, 11) is -3.09. The fourth-order valence-corrected chi connectivity index (χ4v) is 4.27. The van der Waals surface area contributed by atoms with Gasteiger partial charge in [0.2, 0.25) is 5.89 Å². The second-order valence-electron chi connectivity index (χ2n) is 6.04. The second-order valence-corrected chi connectivity index (χ2v) is 8.27. The van der Waals surface area contributed by atoms with Crippen molar-refractivity contribution in [2.75, 3.05) is 11.5 Å². The van der Waals surface area contributed by atoms with E-state index in [1.54, 1.807) is 12.1 Å². The van der Waals surface area contributed by atoms with Crippen LogP contribution >= 0.6 is 0 Å². The van der Waals surface area contributed by atoms with Crippen molar-refractivity contribution in [3.63, 3.8) is 0 Å². The molecule has 1 aromatic heterocycles. The first-order chi connectivity index (χ1) is 12.3. The van der Waals surface area contributed by atoms with Gasteiger partial charge in [0, 0.05) is 18.2 Å². The van der Waals surface area contributed by atoms with Crippen LogP contribution < -0.4 is 5.32 Å². The van der Waals surface area contributed by atoms with E-state index >= 15 is 0 Å². The number of amides is 1. The Bertz CT molecular complexity index is 930. The van der Waals surface area contributed by atoms with E-state index in [4.69, 9.17) is 9.15 Å². The molecule has 2 heterocycles. The number of oxazole rings is 1. The van der Waals surface area contributed by atoms with Crippen molar-refractivity contribution in [2.24, 2.45) is 0 Å². The number of benzene rings is 1. The maximum atomic E-state index is 12.0. The molecule has 1 N–H and O–H groups in total. The number of nitrogens with one attached hydrogen (secondary N) is 1. The molecule has 9 heteroatoms. The number of carbonyl (C=O) groups is 2. The zero-order valence-electron chi connectivity index (χ0n) is 14.0. The number of fused-ring (bicyclic) bond motifs is 1. The molecular formula is C17H18N2O6S. The summed E-state index contributed by atoms with van der Waals surface area (Å²) >= 11 is 0. The molecule has 2 atom stereocenters. The molecule has 0 bridgehead atoms. The van der Waals surface area contributed by atoms with Crippen LogP contribution in [0.25, 0.3) is 17.2 Å². The van der Waals surface area contributed by atoms with Gasteiger partial charge in [0.25, 0.3) is 5.91 Å². The standard InChI is InChI=1S/C17H18N2O6S/c1-11(17(21)18-12-8-9-26(22,23)10-12)24-16(20)7-6-15-19-13-4-2-3-5-14(13)25-15/h2-7,11-12H,8-10H2,1H3,(H,18,21)/b7-6+/t11-,12+/m0/s1. The highest BCUT2D eigenvalue weighted by molar-refractivity contribution is 7.91. The van der Waals surface area contributed by atoms with Gasteiger partial charge in [-0.2, -0.15) is 0 Å². The van der Waals surface area contributed by atoms with Gasteiger partial charge < -0.3 is 14.5 Å². The van der Waals surface area contributed by atoms with Crippen LogP contribution in [0, 0.1) is 0 Å². The Labute approximate surface area is 150 Å². The summed E-state index contributed by atoms with van der Waals surface area (Å²) in [4.78, 5) is 28.0. The van der Waals surface area contributed by atoms with Gasteiger partial charge >= 0.3 is 5.97 Å². The number of esters is 1. The van der Waals surface area contributed by atoms with Gasteiger partial charge in [0.1, 0.15) is 5.52 Å². The summed E-state index contributed by atoms with van der Waals surface area (Å²) in [5.41, 5.74) is 1.26. The lowest BCUT2D eigenvalue weighted by Gasteiger charge is -2.15. The first kappa shape index (κ1) is 18.1. The minimum Gasteiger partial charge on any atom is -0.449 e. The minimum atomic E-state index is -3.09. The van der Waals surface area contributed by atoms with Crippen molar-refractivity contribution in [3.8, 4) is 0 Å². The number of ether oxygens (including phenoxy) is 1. The Morgan fingerprint density at radius 2 is 2.15 bits per heavy atom. The van der Waals surface area contributed by atoms with E-state index in [0.717, 1.165) is 6.08 Å². The van der Waals surface area contributed by atoms with Crippen LogP contribution in [0.15, 0.2) is 34.8 Å². The van der Waals surface area contributed by atoms with Crippen LogP contribution in [0.3, 0.4) is 0 Å². The molecule has 0 radical (unpaired) electrons. The average Bonchev–Trinajstić information content (AvgIpc) is 3.15. The van der Waals surface area contributed by atoms with Gasteiger partial charge in [-0.15, -0.1) is 0 Å². The molecule has 1 amide bonds. The smallest absolute Gasteiger partial charge is 0.331 e. The lowest BCUT2D eigenvalue weighted by Crippen LogP contribution is -2.42. The second kappa shape index (κ2) is 7.28. The highest BCUT2D eigenvalue weighted by atomic mass is 32.2. The van der Waals surface area contributed by atoms with Crippen LogP contribution in [0.2, 0.25) is 0 Å². The molecule has 1 saturated heterocycles. The molecule has 26 heavy (non-hydrogen) atoms. The van der Waals surface area contributed by atoms with Gasteiger partial charge in [-0.3, -0.25) is 4.79 Å². The highest BCUT2D eigenvalue weighted by Crippen LogP contribution is 2.15. The molecule has 2 aromatic rings. The summed E-state index contributed by atoms with van der Waals surface area (Å²) in [6, 6.07) is 6.73. The largest absolute Gasteiger partial charge is 0.449 e. The number of nitrogens with zero attached hydrogens (tertiary/aromatic N) is 1. The third kappa shape index (κ3) is 4.48. The summed E-state index contributed by atoms with van der Waals surface area (Å²) in [6.07, 6.45) is 1.80. The lowest BCUT2D eigenvalue weighted by molar-refractivity contribution is -0.150. The zero-order valence-corrected chi connectivity index (χ0v) is 14.9. The topological polar surface area (TPSA) is 116 Å². The van der Waals surface area contributed by atoms with Crippen LogP contribution in [0.1, 0.15) is 19.2 Å². The number of hydrogen-bond acceptors (Lipinski definition) is 7. The van der Waals surface area contributed by atoms with Crippen LogP contribution in [-0.4, -0.2) is 48.9 Å². The van der Waals surface area contributed by atoms with E-state index in [1.807, 2.05) is 12.1 Å². The Morgan fingerprint density at radius 1 is 1.38 bits per heavy atom. The molecule has 0 unspecified atom stereocenters. The van der Waals surface area contributed by atoms with Crippen molar-refractivity contribution < 1.29 is 27.2 Å². The Balaban J connectivity index is 1.52. The quantitative estimate of drug-likeness (QED) is 0.611. The molecule has 1 aliphatic heterocycles. The summed E-state index contributed by atoms with van der Waals surface area (Å²) < 4.78 is 33.2. The molecule has 1 fully saturated rings. The van der Waals surface area contributed by atoms with Crippen molar-refractivity contribution in [2.45, 2.75) is 25.5 Å². The fraction of sp³-hybridized carbons (Fsp3) is 0.353. The van der Waals surface area contributed by atoms with E-state index in [1.165, 1.54) is 13.0 Å². The molecular weight excluding hydrogens is 360 g/mol. The number of hydrogen-bond donors (Lipinski definition) is 1. The molecule has 0 aliphatic carbocycles. The molecule has 0 saturated carbocycles. The maximum Gasteiger partial charge on any atom is 0.331 e. The van der Waals surface area contributed by atoms with Crippen molar-refractivity contribution in [3.05, 3.63) is 36.2 Å². The van der Waals surface area contributed by atoms with Crippen molar-refractivity contribution in [1.29, 1.82) is 0 Å². The zero-order chi connectivity index (χ0) is 18.7. The van der Waals surface area contributed by atoms with E-state index in [9.17, 15) is 18.0 Å². The fourth-order valence-electron chi connectivity index (χ4n) is 2.60. The van der Waals surface area contributed by atoms with Crippen LogP contribution in [0.4, 0.5) is 0 Å². The van der Waals surface area contributed by atoms with E-state index < -0.39 is 33.9 Å². The maximum absolute atomic E-state index is 12.0. The summed E-state index contributed by atoms with van der Waals surface area (Å²) in [5.74, 6) is -1.04. The molecule has 0 spiro atoms. The van der Waals surface area contributed by atoms with E-state index in [2.05, 4.69) is 10.3 Å². The predicted octanol–water partition coefficient (Wildman–Crippen LogP) is 1.08. The molecule has 8 nitrogen and oxygen atoms in total. The van der Waals surface area contributed by atoms with E-state index in [0.29, 0.717) is 17.5 Å². The number of rotatable bonds is 5. The van der Waals surface area contributed by atoms with Gasteiger partial charge in [-0.05, 0) is 25.5 Å². The van der Waals surface area contributed by atoms with Gasteiger partial charge in [-0.1, -0.05) is 12.1 Å². The molecule has 1 aromatic carbocycles. The molecule has 3 rings (SSSR count). The van der Waals surface area contributed by atoms with Gasteiger partial charge in [0.15, 0.2) is 21.5 Å². The Kier molecular flexibility index (Phi) is 5.08. The SMILES string of the molecule is C[C@H](OC(=O)/C=C/c1nc2ccccc2o1)C(=O)N[C@@H]1CCS(=O)(=O)C1. The number of aromatic nitrogens is 1. The van der Waals surface area contributed by atoms with Crippen LogP contribution in [0.5, 0.6) is 0 Å². The van der Waals surface area contributed by atoms with Crippen molar-refractivity contribution >= 4 is 38.9 Å². The number of para-hydroxylation sites is 2. The number of carbonyl (C=O) groups excluding carboxylic acids is 2. The first-order valence-electron chi connectivity index (χ1n) is 8.07. The lowest BCUT2D eigenvalue weighted by atomic mass is 10.2. The first-order valence-corrected chi connectivity index (χ1v) is 9.89. The van der Waals surface area contributed by atoms with Gasteiger partial charge in [-0.25, -0.2) is 18.2 Å². The Hall–Kier alpha value is -2.68. The third-order valence-corrected chi connectivity index (χ3v) is 5.68.